The van der Waals surface area contributed by atoms with Gasteiger partial charge in [0.05, 0.1) is 25.4 Å². The molecule has 0 saturated heterocycles. The Balaban J connectivity index is 3.51. The van der Waals surface area contributed by atoms with Crippen LogP contribution in [0.25, 0.3) is 0 Å². The van der Waals surface area contributed by atoms with Crippen molar-refractivity contribution in [1.82, 2.24) is 5.32 Å². The smallest absolute Gasteiger partial charge is 0.305 e. The van der Waals surface area contributed by atoms with Gasteiger partial charge in [0.15, 0.2) is 0 Å². The molecule has 356 valence electrons. The molecule has 0 fully saturated rings. The van der Waals surface area contributed by atoms with Crippen LogP contribution in [-0.2, 0) is 14.3 Å². The highest BCUT2D eigenvalue weighted by atomic mass is 16.5. The number of hydrogen-bond donors (Lipinski definition) is 3. The normalized spacial score (nSPS) is 12.7. The second-order valence-electron chi connectivity index (χ2n) is 18.6. The predicted octanol–water partition coefficient (Wildman–Crippen LogP) is 16.1. The van der Waals surface area contributed by atoms with Gasteiger partial charge in [0.25, 0.3) is 0 Å². The number of rotatable bonds is 50. The molecular weight excluding hydrogens is 743 g/mol. The number of ether oxygens (including phenoxy) is 1. The Morgan fingerprint density at radius 2 is 0.783 bits per heavy atom. The topological polar surface area (TPSA) is 95.9 Å². The molecule has 0 heterocycles. The van der Waals surface area contributed by atoms with E-state index in [0.29, 0.717) is 25.9 Å². The average molecular weight is 848 g/mol. The van der Waals surface area contributed by atoms with Crippen LogP contribution in [0.2, 0.25) is 0 Å². The van der Waals surface area contributed by atoms with E-state index in [2.05, 4.69) is 31.3 Å². The zero-order chi connectivity index (χ0) is 43.7. The van der Waals surface area contributed by atoms with E-state index >= 15 is 0 Å². The summed E-state index contributed by atoms with van der Waals surface area (Å²) < 4.78 is 5.44. The first-order chi connectivity index (χ1) is 29.5. The van der Waals surface area contributed by atoms with Crippen LogP contribution < -0.4 is 5.32 Å². The van der Waals surface area contributed by atoms with Crippen LogP contribution in [0.3, 0.4) is 0 Å². The number of carbonyl (C=O) groups excluding carboxylic acids is 2. The van der Waals surface area contributed by atoms with Crippen molar-refractivity contribution in [2.75, 3.05) is 13.2 Å². The van der Waals surface area contributed by atoms with Gasteiger partial charge < -0.3 is 20.3 Å². The van der Waals surface area contributed by atoms with Crippen LogP contribution in [0.5, 0.6) is 0 Å². The fraction of sp³-hybridized carbons (Fsp3) is 0.926. The minimum Gasteiger partial charge on any atom is -0.466 e. The highest BCUT2D eigenvalue weighted by molar-refractivity contribution is 5.76. The molecule has 0 aliphatic rings. The number of unbranched alkanes of at least 4 members (excludes halogenated alkanes) is 37. The van der Waals surface area contributed by atoms with Crippen molar-refractivity contribution in [2.24, 2.45) is 0 Å². The summed E-state index contributed by atoms with van der Waals surface area (Å²) in [5.74, 6) is -0.101. The van der Waals surface area contributed by atoms with Crippen LogP contribution in [0.1, 0.15) is 296 Å². The molecule has 0 aliphatic heterocycles. The number of aliphatic hydroxyl groups is 2. The van der Waals surface area contributed by atoms with Crippen LogP contribution in [0.4, 0.5) is 0 Å². The number of esters is 1. The summed E-state index contributed by atoms with van der Waals surface area (Å²) in [4.78, 5) is 24.5. The molecule has 0 aromatic heterocycles. The van der Waals surface area contributed by atoms with Crippen molar-refractivity contribution in [1.29, 1.82) is 0 Å². The van der Waals surface area contributed by atoms with Crippen LogP contribution >= 0.6 is 0 Å². The summed E-state index contributed by atoms with van der Waals surface area (Å²) in [6.45, 7) is 4.88. The largest absolute Gasteiger partial charge is 0.466 e. The zero-order valence-electron chi connectivity index (χ0n) is 40.5. The van der Waals surface area contributed by atoms with Crippen molar-refractivity contribution >= 4 is 11.9 Å². The van der Waals surface area contributed by atoms with Crippen molar-refractivity contribution in [3.8, 4) is 0 Å². The molecule has 3 N–H and O–H groups in total. The van der Waals surface area contributed by atoms with Crippen LogP contribution in [-0.4, -0.2) is 47.4 Å². The Morgan fingerprint density at radius 3 is 1.18 bits per heavy atom. The Kier molecular flexibility index (Phi) is 49.1. The Hall–Kier alpha value is -1.40. The summed E-state index contributed by atoms with van der Waals surface area (Å²) >= 11 is 0. The lowest BCUT2D eigenvalue weighted by Gasteiger charge is -2.22. The molecule has 0 saturated carbocycles. The van der Waals surface area contributed by atoms with E-state index in [-0.39, 0.29) is 18.5 Å². The molecule has 1 amide bonds. The number of amides is 1. The summed E-state index contributed by atoms with van der Waals surface area (Å²) in [7, 11) is 0. The minimum absolute atomic E-state index is 0.0328. The van der Waals surface area contributed by atoms with E-state index in [1.165, 1.54) is 186 Å². The molecule has 0 bridgehead atoms. The molecule has 0 aromatic rings. The zero-order valence-corrected chi connectivity index (χ0v) is 40.5. The van der Waals surface area contributed by atoms with E-state index in [1.54, 1.807) is 0 Å². The molecule has 2 unspecified atom stereocenters. The third-order valence-electron chi connectivity index (χ3n) is 12.6. The maximum atomic E-state index is 12.5. The molecule has 60 heavy (non-hydrogen) atoms. The van der Waals surface area contributed by atoms with Gasteiger partial charge >= 0.3 is 5.97 Å². The molecule has 0 radical (unpaired) electrons. The van der Waals surface area contributed by atoms with E-state index in [0.717, 1.165) is 77.0 Å². The SMILES string of the molecule is CCCCCCCCCCCCCCCCCCCCC(O)C(CO)NC(=O)CCCCCC/C=C\CCCCOC(=O)CCCCCCCCCCCCCCCCC. The Labute approximate surface area is 374 Å². The quantitative estimate of drug-likeness (QED) is 0.0322. The molecule has 0 aromatic carbocycles. The van der Waals surface area contributed by atoms with Gasteiger partial charge in [-0.05, 0) is 51.4 Å². The second kappa shape index (κ2) is 50.2. The summed E-state index contributed by atoms with van der Waals surface area (Å²) in [6, 6.07) is -0.566. The summed E-state index contributed by atoms with van der Waals surface area (Å²) in [5.41, 5.74) is 0. The predicted molar refractivity (Wildman–Crippen MR) is 260 cm³/mol. The highest BCUT2D eigenvalue weighted by Crippen LogP contribution is 2.17. The van der Waals surface area contributed by atoms with Gasteiger partial charge in [-0.25, -0.2) is 0 Å². The number of aliphatic hydroxyl groups excluding tert-OH is 2. The number of nitrogens with one attached hydrogen (secondary N) is 1. The molecule has 0 spiro atoms. The molecular formula is C54H105NO5. The van der Waals surface area contributed by atoms with Gasteiger partial charge in [-0.15, -0.1) is 0 Å². The first kappa shape index (κ1) is 58.6. The monoisotopic (exact) mass is 848 g/mol. The van der Waals surface area contributed by atoms with Crippen LogP contribution in [0, 0.1) is 0 Å². The van der Waals surface area contributed by atoms with Gasteiger partial charge in [-0.3, -0.25) is 9.59 Å². The first-order valence-corrected chi connectivity index (χ1v) is 26.9. The van der Waals surface area contributed by atoms with Crippen LogP contribution in [0.15, 0.2) is 12.2 Å². The van der Waals surface area contributed by atoms with E-state index in [4.69, 9.17) is 4.74 Å². The second-order valence-corrected chi connectivity index (χ2v) is 18.6. The number of carbonyl (C=O) groups is 2. The van der Waals surface area contributed by atoms with Crippen molar-refractivity contribution in [3.63, 3.8) is 0 Å². The molecule has 0 aliphatic carbocycles. The maximum absolute atomic E-state index is 12.5. The maximum Gasteiger partial charge on any atom is 0.305 e. The molecule has 2 atom stereocenters. The van der Waals surface area contributed by atoms with E-state index in [9.17, 15) is 19.8 Å². The highest BCUT2D eigenvalue weighted by Gasteiger charge is 2.20. The fourth-order valence-electron chi connectivity index (χ4n) is 8.40. The molecule has 6 heteroatoms. The van der Waals surface area contributed by atoms with Gasteiger partial charge in [-0.2, -0.15) is 0 Å². The van der Waals surface area contributed by atoms with E-state index < -0.39 is 12.1 Å². The van der Waals surface area contributed by atoms with Gasteiger partial charge in [0.2, 0.25) is 5.91 Å². The molecule has 0 rings (SSSR count). The Morgan fingerprint density at radius 1 is 0.450 bits per heavy atom. The van der Waals surface area contributed by atoms with E-state index in [1.807, 2.05) is 0 Å². The summed E-state index contributed by atoms with van der Waals surface area (Å²) in [6.07, 6.45) is 57.6. The number of allylic oxidation sites excluding steroid dienone is 2. The lowest BCUT2D eigenvalue weighted by atomic mass is 10.0. The van der Waals surface area contributed by atoms with Gasteiger partial charge in [0, 0.05) is 12.8 Å². The lowest BCUT2D eigenvalue weighted by molar-refractivity contribution is -0.143. The van der Waals surface area contributed by atoms with Crippen molar-refractivity contribution in [3.05, 3.63) is 12.2 Å². The Bertz CT molecular complexity index is 893. The van der Waals surface area contributed by atoms with Gasteiger partial charge in [-0.1, -0.05) is 244 Å². The fourth-order valence-corrected chi connectivity index (χ4v) is 8.40. The van der Waals surface area contributed by atoms with Crippen molar-refractivity contribution < 1.29 is 24.5 Å². The van der Waals surface area contributed by atoms with Gasteiger partial charge in [0.1, 0.15) is 0 Å². The van der Waals surface area contributed by atoms with Crippen molar-refractivity contribution in [2.45, 2.75) is 309 Å². The first-order valence-electron chi connectivity index (χ1n) is 26.9. The average Bonchev–Trinajstić information content (AvgIpc) is 3.25. The number of hydrogen-bond acceptors (Lipinski definition) is 5. The minimum atomic E-state index is -0.685. The standard InChI is InChI=1S/C54H105NO5/c1-3-5-7-9-11-13-15-17-19-20-21-23-24-26-30-34-38-42-46-52(57)51(50-56)55-53(58)47-43-39-35-31-28-29-33-37-41-45-49-60-54(59)48-44-40-36-32-27-25-22-18-16-14-12-10-8-6-4-2/h29,33,51-52,56-57H,3-28,30-32,34-50H2,1-2H3,(H,55,58)/b33-29-. The third-order valence-corrected chi connectivity index (χ3v) is 12.6. The lowest BCUT2D eigenvalue weighted by Crippen LogP contribution is -2.45. The summed E-state index contributed by atoms with van der Waals surface area (Å²) in [5, 5.41) is 23.2. The molecule has 6 nitrogen and oxygen atoms in total. The third kappa shape index (κ3) is 46.1.